The van der Waals surface area contributed by atoms with Gasteiger partial charge in [0.2, 0.25) is 11.8 Å². The normalized spacial score (nSPS) is 18.6. The van der Waals surface area contributed by atoms with Crippen LogP contribution < -0.4 is 0 Å². The van der Waals surface area contributed by atoms with Gasteiger partial charge in [-0.25, -0.2) is 18.7 Å². The summed E-state index contributed by atoms with van der Waals surface area (Å²) in [7, 11) is 0. The van der Waals surface area contributed by atoms with E-state index >= 15 is 0 Å². The van der Waals surface area contributed by atoms with Gasteiger partial charge in [0.15, 0.2) is 0 Å². The first-order chi connectivity index (χ1) is 13.6. The number of nitrogens with zero attached hydrogens (tertiary/aromatic N) is 5. The van der Waals surface area contributed by atoms with Gasteiger partial charge in [-0.15, -0.1) is 0 Å². The van der Waals surface area contributed by atoms with Crippen molar-refractivity contribution in [2.24, 2.45) is 5.92 Å². The predicted molar refractivity (Wildman–Crippen MR) is 92.8 cm³/mol. The van der Waals surface area contributed by atoms with Crippen molar-refractivity contribution in [3.05, 3.63) is 53.4 Å². The van der Waals surface area contributed by atoms with E-state index in [2.05, 4.69) is 15.1 Å². The van der Waals surface area contributed by atoms with E-state index in [4.69, 9.17) is 4.42 Å². The lowest BCUT2D eigenvalue weighted by atomic mass is 9.95. The van der Waals surface area contributed by atoms with Gasteiger partial charge in [-0.2, -0.15) is 5.10 Å². The summed E-state index contributed by atoms with van der Waals surface area (Å²) in [6.07, 6.45) is 3.34. The van der Waals surface area contributed by atoms with Crippen molar-refractivity contribution in [2.75, 3.05) is 6.54 Å². The first-order valence-electron chi connectivity index (χ1n) is 9.17. The highest BCUT2D eigenvalue weighted by Gasteiger charge is 2.33. The summed E-state index contributed by atoms with van der Waals surface area (Å²) in [6, 6.07) is 3.17. The third kappa shape index (κ3) is 2.96. The van der Waals surface area contributed by atoms with Gasteiger partial charge in [-0.05, 0) is 18.6 Å². The molecule has 1 atom stereocenters. The molecule has 1 aromatic carbocycles. The molecule has 1 amide bonds. The smallest absolute Gasteiger partial charge is 0.226 e. The Labute approximate surface area is 159 Å². The minimum absolute atomic E-state index is 0.0706. The SMILES string of the molecule is O=C(C1CCn2ncnc2C1)N1CCc2oc(-c3cc(F)cc(F)c3)nc2C1. The fraction of sp³-hybridized carbons (Fsp3) is 0.368. The lowest BCUT2D eigenvalue weighted by Gasteiger charge is -2.30. The Balaban J connectivity index is 1.34. The average Bonchev–Trinajstić information content (AvgIpc) is 3.32. The van der Waals surface area contributed by atoms with E-state index < -0.39 is 11.6 Å². The monoisotopic (exact) mass is 385 g/mol. The maximum Gasteiger partial charge on any atom is 0.226 e. The van der Waals surface area contributed by atoms with Crippen LogP contribution in [0.5, 0.6) is 0 Å². The van der Waals surface area contributed by atoms with Gasteiger partial charge in [0, 0.05) is 43.5 Å². The molecule has 2 aliphatic heterocycles. The maximum absolute atomic E-state index is 13.5. The van der Waals surface area contributed by atoms with Gasteiger partial charge >= 0.3 is 0 Å². The highest BCUT2D eigenvalue weighted by Crippen LogP contribution is 2.29. The predicted octanol–water partition coefficient (Wildman–Crippen LogP) is 2.36. The Morgan fingerprint density at radius 3 is 2.82 bits per heavy atom. The number of carbonyl (C=O) groups excluding carboxylic acids is 1. The summed E-state index contributed by atoms with van der Waals surface area (Å²) in [5, 5.41) is 4.14. The number of halogens is 2. The van der Waals surface area contributed by atoms with E-state index in [9.17, 15) is 13.6 Å². The summed E-state index contributed by atoms with van der Waals surface area (Å²) in [5.74, 6) is 0.235. The maximum atomic E-state index is 13.5. The number of hydrogen-bond donors (Lipinski definition) is 0. The van der Waals surface area contributed by atoms with Crippen LogP contribution in [0, 0.1) is 17.6 Å². The molecule has 2 aliphatic rings. The van der Waals surface area contributed by atoms with E-state index in [1.165, 1.54) is 18.5 Å². The summed E-state index contributed by atoms with van der Waals surface area (Å²) >= 11 is 0. The van der Waals surface area contributed by atoms with Gasteiger partial charge in [-0.3, -0.25) is 9.48 Å². The van der Waals surface area contributed by atoms with Gasteiger partial charge in [0.05, 0.1) is 6.54 Å². The molecule has 1 unspecified atom stereocenters. The standard InChI is InChI=1S/C19H17F2N5O2/c20-13-5-12(6-14(21)8-13)18-24-15-9-25(3-2-16(15)28-18)19(27)11-1-4-26-17(7-11)22-10-23-26/h5-6,8,10-11H,1-4,7,9H2. The van der Waals surface area contributed by atoms with Crippen molar-refractivity contribution in [1.82, 2.24) is 24.6 Å². The van der Waals surface area contributed by atoms with Crippen LogP contribution in [0.4, 0.5) is 8.78 Å². The zero-order valence-corrected chi connectivity index (χ0v) is 14.9. The molecule has 28 heavy (non-hydrogen) atoms. The first kappa shape index (κ1) is 17.0. The fourth-order valence-electron chi connectivity index (χ4n) is 3.89. The van der Waals surface area contributed by atoms with Crippen LogP contribution in [0.25, 0.3) is 11.5 Å². The van der Waals surface area contributed by atoms with Gasteiger partial charge < -0.3 is 9.32 Å². The van der Waals surface area contributed by atoms with Gasteiger partial charge in [-0.1, -0.05) is 0 Å². The van der Waals surface area contributed by atoms with Crippen LogP contribution in [0.15, 0.2) is 28.9 Å². The molecule has 144 valence electrons. The third-order valence-corrected chi connectivity index (χ3v) is 5.31. The van der Waals surface area contributed by atoms with E-state index in [-0.39, 0.29) is 23.3 Å². The zero-order chi connectivity index (χ0) is 19.3. The Morgan fingerprint density at radius 2 is 2.00 bits per heavy atom. The van der Waals surface area contributed by atoms with Crippen LogP contribution in [-0.2, 0) is 30.7 Å². The third-order valence-electron chi connectivity index (χ3n) is 5.31. The number of rotatable bonds is 2. The number of benzene rings is 1. The summed E-state index contributed by atoms with van der Waals surface area (Å²) < 4.78 is 34.5. The Morgan fingerprint density at radius 1 is 1.18 bits per heavy atom. The molecule has 0 spiro atoms. The van der Waals surface area contributed by atoms with Crippen molar-refractivity contribution in [3.8, 4) is 11.5 Å². The molecule has 9 heteroatoms. The zero-order valence-electron chi connectivity index (χ0n) is 14.9. The number of aryl methyl sites for hydroxylation is 1. The first-order valence-corrected chi connectivity index (χ1v) is 9.17. The minimum atomic E-state index is -0.687. The minimum Gasteiger partial charge on any atom is -0.441 e. The molecule has 2 aromatic heterocycles. The quantitative estimate of drug-likeness (QED) is 0.677. The largest absolute Gasteiger partial charge is 0.441 e. The number of aromatic nitrogens is 4. The topological polar surface area (TPSA) is 77.0 Å². The van der Waals surface area contributed by atoms with Crippen molar-refractivity contribution in [3.63, 3.8) is 0 Å². The summed E-state index contributed by atoms with van der Waals surface area (Å²) in [6.45, 7) is 1.55. The van der Waals surface area contributed by atoms with E-state index in [0.717, 1.165) is 18.3 Å². The molecule has 0 fully saturated rings. The van der Waals surface area contributed by atoms with Crippen LogP contribution in [0.3, 0.4) is 0 Å². The van der Waals surface area contributed by atoms with Crippen LogP contribution in [0.2, 0.25) is 0 Å². The van der Waals surface area contributed by atoms with Crippen LogP contribution >= 0.6 is 0 Å². The number of oxazole rings is 1. The Bertz CT molecular complexity index is 1040. The molecule has 0 aliphatic carbocycles. The van der Waals surface area contributed by atoms with Crippen molar-refractivity contribution in [1.29, 1.82) is 0 Å². The van der Waals surface area contributed by atoms with Crippen LogP contribution in [0.1, 0.15) is 23.7 Å². The second kappa shape index (κ2) is 6.50. The molecule has 3 aromatic rings. The molecule has 0 saturated carbocycles. The number of carbonyl (C=O) groups is 1. The molecule has 0 bridgehead atoms. The average molecular weight is 385 g/mol. The second-order valence-corrected chi connectivity index (χ2v) is 7.15. The molecule has 0 saturated heterocycles. The fourth-order valence-corrected chi connectivity index (χ4v) is 3.89. The highest BCUT2D eigenvalue weighted by atomic mass is 19.1. The molecule has 5 rings (SSSR count). The lowest BCUT2D eigenvalue weighted by molar-refractivity contribution is -0.137. The Hall–Kier alpha value is -3.10. The molecule has 0 N–H and O–H groups in total. The summed E-state index contributed by atoms with van der Waals surface area (Å²) in [5.41, 5.74) is 0.884. The number of hydrogen-bond acceptors (Lipinski definition) is 5. The molecule has 0 radical (unpaired) electrons. The van der Waals surface area contributed by atoms with Gasteiger partial charge in [0.1, 0.15) is 35.2 Å². The van der Waals surface area contributed by atoms with Crippen molar-refractivity contribution in [2.45, 2.75) is 32.4 Å². The Kier molecular flexibility index (Phi) is 3.96. The number of amides is 1. The van der Waals surface area contributed by atoms with E-state index in [1.807, 2.05) is 4.68 Å². The molecular weight excluding hydrogens is 368 g/mol. The molecule has 4 heterocycles. The van der Waals surface area contributed by atoms with Crippen molar-refractivity contribution < 1.29 is 18.0 Å². The van der Waals surface area contributed by atoms with Crippen molar-refractivity contribution >= 4 is 5.91 Å². The van der Waals surface area contributed by atoms with Crippen LogP contribution in [-0.4, -0.2) is 37.1 Å². The number of fused-ring (bicyclic) bond motifs is 2. The summed E-state index contributed by atoms with van der Waals surface area (Å²) in [4.78, 5) is 23.3. The lowest BCUT2D eigenvalue weighted by Crippen LogP contribution is -2.42. The van der Waals surface area contributed by atoms with E-state index in [1.54, 1.807) is 4.90 Å². The highest BCUT2D eigenvalue weighted by molar-refractivity contribution is 5.79. The molecular formula is C19H17F2N5O2. The second-order valence-electron chi connectivity index (χ2n) is 7.15. The van der Waals surface area contributed by atoms with Gasteiger partial charge in [0.25, 0.3) is 0 Å². The molecule has 7 nitrogen and oxygen atoms in total. The van der Waals surface area contributed by atoms with E-state index in [0.29, 0.717) is 43.9 Å².